The van der Waals surface area contributed by atoms with E-state index < -0.39 is 21.6 Å². The number of rotatable bonds is 4. The molecule has 1 aromatic carbocycles. The number of nitrogens with one attached hydrogen (secondary N) is 1. The second-order valence-corrected chi connectivity index (χ2v) is 5.75. The SMILES string of the molecule is Cc1cc(CS(=O)(=O)Nc2cc(N)ccc2F)no1. The van der Waals surface area contributed by atoms with Crippen LogP contribution < -0.4 is 10.5 Å². The summed E-state index contributed by atoms with van der Waals surface area (Å²) in [6.45, 7) is 1.65. The molecule has 2 rings (SSSR count). The van der Waals surface area contributed by atoms with Gasteiger partial charge in [0.1, 0.15) is 23.0 Å². The van der Waals surface area contributed by atoms with E-state index in [1.165, 1.54) is 18.2 Å². The van der Waals surface area contributed by atoms with Gasteiger partial charge in [-0.2, -0.15) is 0 Å². The summed E-state index contributed by atoms with van der Waals surface area (Å²) in [7, 11) is -3.78. The average molecular weight is 285 g/mol. The lowest BCUT2D eigenvalue weighted by Gasteiger charge is -2.08. The lowest BCUT2D eigenvalue weighted by molar-refractivity contribution is 0.392. The van der Waals surface area contributed by atoms with E-state index in [9.17, 15) is 12.8 Å². The van der Waals surface area contributed by atoms with E-state index in [2.05, 4.69) is 9.88 Å². The molecular formula is C11H12FN3O3S. The lowest BCUT2D eigenvalue weighted by Crippen LogP contribution is -2.16. The molecule has 8 heteroatoms. The maximum absolute atomic E-state index is 13.4. The maximum Gasteiger partial charge on any atom is 0.238 e. The quantitative estimate of drug-likeness (QED) is 0.832. The highest BCUT2D eigenvalue weighted by molar-refractivity contribution is 7.91. The fourth-order valence-electron chi connectivity index (χ4n) is 1.51. The number of nitrogens with zero attached hydrogens (tertiary/aromatic N) is 1. The molecular weight excluding hydrogens is 273 g/mol. The van der Waals surface area contributed by atoms with E-state index >= 15 is 0 Å². The summed E-state index contributed by atoms with van der Waals surface area (Å²) < 4.78 is 44.0. The third-order valence-electron chi connectivity index (χ3n) is 2.27. The number of nitrogens with two attached hydrogens (primary N) is 1. The van der Waals surface area contributed by atoms with Crippen LogP contribution in [0.25, 0.3) is 0 Å². The van der Waals surface area contributed by atoms with Gasteiger partial charge >= 0.3 is 0 Å². The maximum atomic E-state index is 13.4. The summed E-state index contributed by atoms with van der Waals surface area (Å²) in [6.07, 6.45) is 0. The molecule has 2 aromatic rings. The van der Waals surface area contributed by atoms with Crippen molar-refractivity contribution in [3.8, 4) is 0 Å². The summed E-state index contributed by atoms with van der Waals surface area (Å²) in [5.74, 6) is -0.604. The van der Waals surface area contributed by atoms with Crippen molar-refractivity contribution in [1.82, 2.24) is 5.16 Å². The summed E-state index contributed by atoms with van der Waals surface area (Å²) >= 11 is 0. The Balaban J connectivity index is 2.19. The van der Waals surface area contributed by atoms with Gasteiger partial charge < -0.3 is 10.3 Å². The van der Waals surface area contributed by atoms with E-state index in [-0.39, 0.29) is 17.1 Å². The predicted octanol–water partition coefficient (Wildman–Crippen LogP) is 1.65. The highest BCUT2D eigenvalue weighted by Gasteiger charge is 2.16. The van der Waals surface area contributed by atoms with Crippen LogP contribution in [-0.4, -0.2) is 13.6 Å². The highest BCUT2D eigenvalue weighted by Crippen LogP contribution is 2.19. The van der Waals surface area contributed by atoms with Gasteiger partial charge in [0.05, 0.1) is 5.69 Å². The fraction of sp³-hybridized carbons (Fsp3) is 0.182. The van der Waals surface area contributed by atoms with E-state index in [0.29, 0.717) is 5.76 Å². The van der Waals surface area contributed by atoms with Crippen molar-refractivity contribution in [2.45, 2.75) is 12.7 Å². The summed E-state index contributed by atoms with van der Waals surface area (Å²) in [5.41, 5.74) is 5.78. The molecule has 0 amide bonds. The minimum absolute atomic E-state index is 0.194. The Morgan fingerprint density at radius 2 is 2.16 bits per heavy atom. The van der Waals surface area contributed by atoms with Crippen molar-refractivity contribution in [2.24, 2.45) is 0 Å². The number of nitrogen functional groups attached to an aromatic ring is 1. The van der Waals surface area contributed by atoms with Crippen molar-refractivity contribution >= 4 is 21.4 Å². The first kappa shape index (κ1) is 13.3. The van der Waals surface area contributed by atoms with Crippen LogP contribution in [0.1, 0.15) is 11.5 Å². The van der Waals surface area contributed by atoms with Gasteiger partial charge in [0.2, 0.25) is 10.0 Å². The molecule has 0 atom stereocenters. The molecule has 6 nitrogen and oxygen atoms in total. The lowest BCUT2D eigenvalue weighted by atomic mass is 10.3. The molecule has 0 aliphatic heterocycles. The Labute approximate surface area is 109 Å². The molecule has 0 spiro atoms. The van der Waals surface area contributed by atoms with Crippen molar-refractivity contribution < 1.29 is 17.3 Å². The largest absolute Gasteiger partial charge is 0.399 e. The number of aryl methyl sites for hydroxylation is 1. The minimum atomic E-state index is -3.78. The van der Waals surface area contributed by atoms with E-state index in [0.717, 1.165) is 6.07 Å². The van der Waals surface area contributed by atoms with Gasteiger partial charge in [-0.05, 0) is 25.1 Å². The molecule has 0 saturated heterocycles. The molecule has 102 valence electrons. The summed E-state index contributed by atoms with van der Waals surface area (Å²) in [5, 5.41) is 3.57. The molecule has 0 fully saturated rings. The first-order valence-corrected chi connectivity index (χ1v) is 6.99. The molecule has 0 unspecified atom stereocenters. The third kappa shape index (κ3) is 3.44. The van der Waals surface area contributed by atoms with Crippen LogP contribution in [-0.2, 0) is 15.8 Å². The Morgan fingerprint density at radius 3 is 2.79 bits per heavy atom. The van der Waals surface area contributed by atoms with Crippen molar-refractivity contribution in [3.63, 3.8) is 0 Å². The molecule has 0 saturated carbocycles. The predicted molar refractivity (Wildman–Crippen MR) is 68.3 cm³/mol. The van der Waals surface area contributed by atoms with Crippen molar-refractivity contribution in [2.75, 3.05) is 10.5 Å². The van der Waals surface area contributed by atoms with Crippen LogP contribution in [0.3, 0.4) is 0 Å². The second kappa shape index (κ2) is 4.88. The monoisotopic (exact) mass is 285 g/mol. The Bertz CT molecular complexity index is 697. The number of sulfonamides is 1. The Morgan fingerprint density at radius 1 is 1.42 bits per heavy atom. The van der Waals surface area contributed by atoms with E-state index in [1.807, 2.05) is 0 Å². The summed E-state index contributed by atoms with van der Waals surface area (Å²) in [6, 6.07) is 5.14. The van der Waals surface area contributed by atoms with Crippen LogP contribution in [0.2, 0.25) is 0 Å². The van der Waals surface area contributed by atoms with Gasteiger partial charge in [0.25, 0.3) is 0 Å². The van der Waals surface area contributed by atoms with Crippen LogP contribution in [0.15, 0.2) is 28.8 Å². The van der Waals surface area contributed by atoms with Gasteiger partial charge in [-0.15, -0.1) is 0 Å². The van der Waals surface area contributed by atoms with Gasteiger partial charge in [0.15, 0.2) is 0 Å². The molecule has 0 radical (unpaired) electrons. The van der Waals surface area contributed by atoms with Crippen LogP contribution in [0, 0.1) is 12.7 Å². The topological polar surface area (TPSA) is 98.2 Å². The zero-order valence-corrected chi connectivity index (χ0v) is 10.9. The molecule has 1 aromatic heterocycles. The van der Waals surface area contributed by atoms with E-state index in [1.54, 1.807) is 6.92 Å². The normalized spacial score (nSPS) is 11.5. The molecule has 0 bridgehead atoms. The average Bonchev–Trinajstić information content (AvgIpc) is 2.68. The minimum Gasteiger partial charge on any atom is -0.399 e. The van der Waals surface area contributed by atoms with Crippen LogP contribution in [0.5, 0.6) is 0 Å². The number of benzene rings is 1. The number of halogens is 1. The second-order valence-electron chi connectivity index (χ2n) is 4.03. The molecule has 3 N–H and O–H groups in total. The highest BCUT2D eigenvalue weighted by atomic mass is 32.2. The Kier molecular flexibility index (Phi) is 3.43. The van der Waals surface area contributed by atoms with Gasteiger partial charge in [-0.25, -0.2) is 12.8 Å². The number of hydrogen-bond donors (Lipinski definition) is 2. The third-order valence-corrected chi connectivity index (χ3v) is 3.48. The fourth-order valence-corrected chi connectivity index (χ4v) is 2.59. The van der Waals surface area contributed by atoms with Gasteiger partial charge in [-0.1, -0.05) is 5.16 Å². The number of aromatic nitrogens is 1. The first-order valence-electron chi connectivity index (χ1n) is 5.33. The summed E-state index contributed by atoms with van der Waals surface area (Å²) in [4.78, 5) is 0. The van der Waals surface area contributed by atoms with Gasteiger partial charge in [0, 0.05) is 11.8 Å². The van der Waals surface area contributed by atoms with Crippen LogP contribution in [0.4, 0.5) is 15.8 Å². The zero-order valence-electron chi connectivity index (χ0n) is 10.1. The Hall–Kier alpha value is -2.09. The zero-order chi connectivity index (χ0) is 14.0. The first-order chi connectivity index (χ1) is 8.85. The van der Waals surface area contributed by atoms with Crippen molar-refractivity contribution in [3.05, 3.63) is 41.5 Å². The van der Waals surface area contributed by atoms with Gasteiger partial charge in [-0.3, -0.25) is 4.72 Å². The van der Waals surface area contributed by atoms with E-state index in [4.69, 9.17) is 10.3 Å². The molecule has 0 aliphatic rings. The molecule has 0 aliphatic carbocycles. The molecule has 1 heterocycles. The number of anilines is 2. The number of hydrogen-bond acceptors (Lipinski definition) is 5. The van der Waals surface area contributed by atoms with Crippen LogP contribution >= 0.6 is 0 Å². The standard InChI is InChI=1S/C11H12FN3O3S/c1-7-4-9(14-18-7)6-19(16,17)15-11-5-8(13)2-3-10(11)12/h2-5,15H,6,13H2,1H3. The van der Waals surface area contributed by atoms with Crippen molar-refractivity contribution in [1.29, 1.82) is 0 Å². The smallest absolute Gasteiger partial charge is 0.238 e. The molecule has 19 heavy (non-hydrogen) atoms.